The maximum absolute atomic E-state index is 13.1. The van der Waals surface area contributed by atoms with Gasteiger partial charge in [-0.15, -0.1) is 0 Å². The van der Waals surface area contributed by atoms with Crippen LogP contribution in [0.25, 0.3) is 0 Å². The Morgan fingerprint density at radius 1 is 0.778 bits per heavy atom. The van der Waals surface area contributed by atoms with Gasteiger partial charge in [0.15, 0.2) is 0 Å². The fourth-order valence-electron chi connectivity index (χ4n) is 3.15. The number of aryl methyl sites for hydroxylation is 1. The molecule has 1 aliphatic rings. The van der Waals surface area contributed by atoms with Crippen LogP contribution >= 0.6 is 0 Å². The van der Waals surface area contributed by atoms with Crippen molar-refractivity contribution in [3.05, 3.63) is 29.8 Å². The molecule has 12 heteroatoms. The summed E-state index contributed by atoms with van der Waals surface area (Å²) in [7, 11) is -12.0. The van der Waals surface area contributed by atoms with Gasteiger partial charge in [-0.3, -0.25) is 8.37 Å². The van der Waals surface area contributed by atoms with E-state index >= 15 is 0 Å². The van der Waals surface area contributed by atoms with Crippen molar-refractivity contribution in [3.63, 3.8) is 0 Å². The van der Waals surface area contributed by atoms with Crippen molar-refractivity contribution in [2.24, 2.45) is 0 Å². The number of rotatable bonds is 6. The Labute approximate surface area is 160 Å². The van der Waals surface area contributed by atoms with E-state index in [-0.39, 0.29) is 4.90 Å². The Hall–Kier alpha value is -1.05. The van der Waals surface area contributed by atoms with Crippen LogP contribution in [-0.2, 0) is 38.6 Å². The van der Waals surface area contributed by atoms with Gasteiger partial charge in [-0.2, -0.15) is 21.1 Å². The molecule has 0 unspecified atom stereocenters. The molecule has 1 saturated heterocycles. The normalized spacial score (nSPS) is 27.7. The molecule has 0 aromatic heterocycles. The molecule has 0 bridgehead atoms. The largest absolute Gasteiger partial charge is 0.264 e. The summed E-state index contributed by atoms with van der Waals surface area (Å²) in [5, 5.41) is 0. The molecule has 1 heterocycles. The van der Waals surface area contributed by atoms with Crippen molar-refractivity contribution < 1.29 is 33.6 Å². The molecular weight excluding hydrogens is 418 g/mol. The van der Waals surface area contributed by atoms with Crippen LogP contribution in [0.4, 0.5) is 0 Å². The Bertz CT molecular complexity index is 954. The lowest BCUT2D eigenvalue weighted by atomic mass is 10.1. The van der Waals surface area contributed by atoms with Crippen LogP contribution in [0.3, 0.4) is 0 Å². The minimum Gasteiger partial charge on any atom is -0.262 e. The summed E-state index contributed by atoms with van der Waals surface area (Å²) in [6.45, 7) is 4.71. The van der Waals surface area contributed by atoms with Gasteiger partial charge in [-0.25, -0.2) is 8.42 Å². The monoisotopic (exact) mass is 441 g/mol. The maximum atomic E-state index is 13.1. The lowest BCUT2D eigenvalue weighted by Gasteiger charge is -2.26. The van der Waals surface area contributed by atoms with Crippen LogP contribution in [0, 0.1) is 6.92 Å². The molecule has 2 rings (SSSR count). The first kappa shape index (κ1) is 22.2. The quantitative estimate of drug-likeness (QED) is 0.584. The lowest BCUT2D eigenvalue weighted by Crippen LogP contribution is -2.41. The highest BCUT2D eigenvalue weighted by atomic mass is 32.2. The standard InChI is InChI=1S/C15H23NO8S3/c1-10-6-8-13(9-7-10)27(21,22)16-11(2)14(23-25(4,17)18)15(12(16)3)24-26(5,19)20/h6-9,11-12,14-15H,1-5H3/t11-,12+,14-,15-/m1/s1. The van der Waals surface area contributed by atoms with E-state index < -0.39 is 54.6 Å². The zero-order valence-corrected chi connectivity index (χ0v) is 18.0. The molecule has 27 heavy (non-hydrogen) atoms. The highest BCUT2D eigenvalue weighted by molar-refractivity contribution is 7.89. The molecule has 0 spiro atoms. The fraction of sp³-hybridized carbons (Fsp3) is 0.600. The van der Waals surface area contributed by atoms with Crippen LogP contribution < -0.4 is 0 Å². The van der Waals surface area contributed by atoms with Crippen molar-refractivity contribution in [2.45, 2.75) is 50.0 Å². The first-order valence-corrected chi connectivity index (χ1v) is 13.1. The SMILES string of the molecule is Cc1ccc(S(=O)(=O)N2[C@H](C)[C@@H](OS(C)(=O)=O)[C@H](OS(C)(=O)=O)[C@@H]2C)cc1. The lowest BCUT2D eigenvalue weighted by molar-refractivity contribution is 0.0767. The van der Waals surface area contributed by atoms with Gasteiger partial charge in [-0.05, 0) is 32.9 Å². The molecular formula is C15H23NO8S3. The summed E-state index contributed by atoms with van der Waals surface area (Å²) < 4.78 is 83.7. The van der Waals surface area contributed by atoms with Crippen LogP contribution in [0.1, 0.15) is 19.4 Å². The van der Waals surface area contributed by atoms with Gasteiger partial charge in [0.05, 0.1) is 29.5 Å². The van der Waals surface area contributed by atoms with Crippen LogP contribution in [-0.4, -0.2) is 66.4 Å². The third kappa shape index (κ3) is 5.06. The molecule has 1 aromatic carbocycles. The van der Waals surface area contributed by atoms with Gasteiger partial charge in [0.2, 0.25) is 10.0 Å². The van der Waals surface area contributed by atoms with Crippen molar-refractivity contribution in [3.8, 4) is 0 Å². The van der Waals surface area contributed by atoms with E-state index in [1.807, 2.05) is 6.92 Å². The van der Waals surface area contributed by atoms with Gasteiger partial charge >= 0.3 is 0 Å². The van der Waals surface area contributed by atoms with Gasteiger partial charge in [0, 0.05) is 0 Å². The minimum absolute atomic E-state index is 0.00455. The molecule has 154 valence electrons. The Kier molecular flexibility index (Phi) is 6.10. The molecule has 1 fully saturated rings. The smallest absolute Gasteiger partial charge is 0.262 e. The average Bonchev–Trinajstić information content (AvgIpc) is 2.69. The van der Waals surface area contributed by atoms with E-state index in [0.717, 1.165) is 22.4 Å². The van der Waals surface area contributed by atoms with Crippen LogP contribution in [0.2, 0.25) is 0 Å². The van der Waals surface area contributed by atoms with Gasteiger partial charge in [-0.1, -0.05) is 17.7 Å². The molecule has 0 aliphatic carbocycles. The third-order valence-electron chi connectivity index (χ3n) is 4.25. The molecule has 0 amide bonds. The summed E-state index contributed by atoms with van der Waals surface area (Å²) in [5.41, 5.74) is 0.869. The van der Waals surface area contributed by atoms with Crippen molar-refractivity contribution >= 4 is 30.3 Å². The Morgan fingerprint density at radius 2 is 1.15 bits per heavy atom. The van der Waals surface area contributed by atoms with E-state index in [2.05, 4.69) is 0 Å². The minimum atomic E-state index is -4.05. The van der Waals surface area contributed by atoms with Gasteiger partial charge in [0.1, 0.15) is 12.2 Å². The number of hydrogen-bond acceptors (Lipinski definition) is 8. The number of hydrogen-bond donors (Lipinski definition) is 0. The predicted molar refractivity (Wildman–Crippen MR) is 98.6 cm³/mol. The molecule has 0 N–H and O–H groups in total. The second kappa shape index (κ2) is 7.41. The first-order chi connectivity index (χ1) is 12.1. The van der Waals surface area contributed by atoms with Crippen molar-refractivity contribution in [1.82, 2.24) is 4.31 Å². The van der Waals surface area contributed by atoms with E-state index in [9.17, 15) is 25.3 Å². The Morgan fingerprint density at radius 3 is 1.48 bits per heavy atom. The predicted octanol–water partition coefficient (Wildman–Crippen LogP) is 0.466. The fourth-order valence-corrected chi connectivity index (χ4v) is 6.34. The zero-order chi connectivity index (χ0) is 20.8. The van der Waals surface area contributed by atoms with Crippen molar-refractivity contribution in [1.29, 1.82) is 0 Å². The van der Waals surface area contributed by atoms with E-state index in [0.29, 0.717) is 0 Å². The van der Waals surface area contributed by atoms with Crippen LogP contribution in [0.15, 0.2) is 29.2 Å². The number of sulfonamides is 1. The highest BCUT2D eigenvalue weighted by Gasteiger charge is 2.54. The molecule has 9 nitrogen and oxygen atoms in total. The Balaban J connectivity index is 2.52. The van der Waals surface area contributed by atoms with E-state index in [1.165, 1.54) is 26.0 Å². The summed E-state index contributed by atoms with van der Waals surface area (Å²) in [6.07, 6.45) is -1.02. The molecule has 0 saturated carbocycles. The summed E-state index contributed by atoms with van der Waals surface area (Å²) in [4.78, 5) is 0.00455. The topological polar surface area (TPSA) is 124 Å². The van der Waals surface area contributed by atoms with E-state index in [1.54, 1.807) is 12.1 Å². The summed E-state index contributed by atoms with van der Waals surface area (Å²) in [6, 6.07) is 4.17. The van der Waals surface area contributed by atoms with Crippen molar-refractivity contribution in [2.75, 3.05) is 12.5 Å². The maximum Gasteiger partial charge on any atom is 0.264 e. The van der Waals surface area contributed by atoms with Gasteiger partial charge < -0.3 is 0 Å². The van der Waals surface area contributed by atoms with E-state index in [4.69, 9.17) is 8.37 Å². The highest BCUT2D eigenvalue weighted by Crippen LogP contribution is 2.36. The second-order valence-electron chi connectivity index (χ2n) is 6.66. The van der Waals surface area contributed by atoms with Crippen LogP contribution in [0.5, 0.6) is 0 Å². The molecule has 1 aliphatic heterocycles. The number of benzene rings is 1. The second-order valence-corrected chi connectivity index (χ2v) is 11.7. The molecule has 0 radical (unpaired) electrons. The molecule has 4 atom stereocenters. The summed E-state index contributed by atoms with van der Waals surface area (Å²) in [5.74, 6) is 0. The zero-order valence-electron chi connectivity index (χ0n) is 15.6. The first-order valence-electron chi connectivity index (χ1n) is 8.00. The third-order valence-corrected chi connectivity index (χ3v) is 7.48. The van der Waals surface area contributed by atoms with Gasteiger partial charge in [0.25, 0.3) is 20.2 Å². The average molecular weight is 442 g/mol. The number of nitrogens with zero attached hydrogens (tertiary/aromatic N) is 1. The summed E-state index contributed by atoms with van der Waals surface area (Å²) >= 11 is 0. The molecule has 1 aromatic rings.